The van der Waals surface area contributed by atoms with Crippen molar-refractivity contribution in [3.05, 3.63) is 59.7 Å². The highest BCUT2D eigenvalue weighted by molar-refractivity contribution is 5.94. The summed E-state index contributed by atoms with van der Waals surface area (Å²) in [4.78, 5) is 0. The molecular weight excluding hydrogens is 232 g/mol. The van der Waals surface area contributed by atoms with E-state index in [2.05, 4.69) is 41.8 Å². The Morgan fingerprint density at radius 2 is 1.68 bits per heavy atom. The highest BCUT2D eigenvalue weighted by atomic mass is 14.9. The number of para-hydroxylation sites is 1. The third-order valence-corrected chi connectivity index (χ3v) is 3.54. The summed E-state index contributed by atoms with van der Waals surface area (Å²) in [6, 6.07) is 18.7. The molecule has 0 bridgehead atoms. The van der Waals surface area contributed by atoms with Crippen LogP contribution in [0, 0.1) is 18.3 Å². The molecule has 2 heteroatoms. The minimum absolute atomic E-state index is 0.752. The first-order chi connectivity index (χ1) is 9.22. The Morgan fingerprint density at radius 3 is 2.37 bits per heavy atom. The normalized spacial score (nSPS) is 10.6. The van der Waals surface area contributed by atoms with Gasteiger partial charge >= 0.3 is 0 Å². The number of hydrogen-bond donors (Lipinski definition) is 0. The van der Waals surface area contributed by atoms with E-state index in [0.717, 1.165) is 27.7 Å². The molecule has 1 heterocycles. The SMILES string of the molecule is Cc1ccc(-c2c(C#N)c3ccccc3n2C)cc1. The van der Waals surface area contributed by atoms with Crippen molar-refractivity contribution in [3.63, 3.8) is 0 Å². The first kappa shape index (κ1) is 11.6. The van der Waals surface area contributed by atoms with Crippen molar-refractivity contribution in [2.45, 2.75) is 6.92 Å². The van der Waals surface area contributed by atoms with Crippen LogP contribution in [0.3, 0.4) is 0 Å². The zero-order chi connectivity index (χ0) is 13.4. The molecule has 0 saturated carbocycles. The fourth-order valence-corrected chi connectivity index (χ4v) is 2.56. The number of aromatic nitrogens is 1. The third-order valence-electron chi connectivity index (χ3n) is 3.54. The van der Waals surface area contributed by atoms with Crippen LogP contribution in [-0.4, -0.2) is 4.57 Å². The molecule has 0 unspecified atom stereocenters. The van der Waals surface area contributed by atoms with Gasteiger partial charge in [-0.25, -0.2) is 0 Å². The zero-order valence-corrected chi connectivity index (χ0v) is 11.0. The molecule has 0 aliphatic heterocycles. The molecule has 0 spiro atoms. The quantitative estimate of drug-likeness (QED) is 0.637. The van der Waals surface area contributed by atoms with E-state index in [1.165, 1.54) is 5.56 Å². The van der Waals surface area contributed by atoms with Crippen LogP contribution in [-0.2, 0) is 7.05 Å². The van der Waals surface area contributed by atoms with Gasteiger partial charge in [0, 0.05) is 18.0 Å². The van der Waals surface area contributed by atoms with E-state index in [1.807, 2.05) is 31.3 Å². The summed E-state index contributed by atoms with van der Waals surface area (Å²) in [5.41, 5.74) is 5.14. The number of fused-ring (bicyclic) bond motifs is 1. The van der Waals surface area contributed by atoms with Gasteiger partial charge in [-0.05, 0) is 18.6 Å². The Balaban J connectivity index is 2.38. The van der Waals surface area contributed by atoms with Gasteiger partial charge in [-0.2, -0.15) is 5.26 Å². The van der Waals surface area contributed by atoms with Gasteiger partial charge in [0.15, 0.2) is 0 Å². The van der Waals surface area contributed by atoms with E-state index in [1.54, 1.807) is 0 Å². The summed E-state index contributed by atoms with van der Waals surface area (Å²) in [6.45, 7) is 2.07. The molecule has 0 N–H and O–H groups in total. The van der Waals surface area contributed by atoms with Crippen molar-refractivity contribution in [2.24, 2.45) is 7.05 Å². The van der Waals surface area contributed by atoms with Crippen LogP contribution in [0.5, 0.6) is 0 Å². The van der Waals surface area contributed by atoms with E-state index in [-0.39, 0.29) is 0 Å². The predicted octanol–water partition coefficient (Wildman–Crippen LogP) is 4.03. The maximum atomic E-state index is 9.48. The molecule has 1 aromatic heterocycles. The number of nitriles is 1. The smallest absolute Gasteiger partial charge is 0.102 e. The summed E-state index contributed by atoms with van der Waals surface area (Å²) in [6.07, 6.45) is 0. The standard InChI is InChI=1S/C17H14N2/c1-12-7-9-13(10-8-12)17-15(11-18)14-5-3-4-6-16(14)19(17)2/h3-10H,1-2H3. The van der Waals surface area contributed by atoms with Crippen LogP contribution in [0.2, 0.25) is 0 Å². The van der Waals surface area contributed by atoms with Gasteiger partial charge in [-0.1, -0.05) is 48.0 Å². The van der Waals surface area contributed by atoms with Crippen molar-refractivity contribution in [1.29, 1.82) is 5.26 Å². The van der Waals surface area contributed by atoms with Crippen LogP contribution >= 0.6 is 0 Å². The Kier molecular flexibility index (Phi) is 2.61. The van der Waals surface area contributed by atoms with Gasteiger partial charge in [0.2, 0.25) is 0 Å². The van der Waals surface area contributed by atoms with Gasteiger partial charge in [-0.3, -0.25) is 0 Å². The van der Waals surface area contributed by atoms with Crippen molar-refractivity contribution < 1.29 is 0 Å². The number of benzene rings is 2. The molecule has 0 fully saturated rings. The lowest BCUT2D eigenvalue weighted by atomic mass is 10.0. The summed E-state index contributed by atoms with van der Waals surface area (Å²) in [5, 5.41) is 10.5. The molecular formula is C17H14N2. The molecule has 0 saturated heterocycles. The lowest BCUT2D eigenvalue weighted by Crippen LogP contribution is -1.92. The van der Waals surface area contributed by atoms with Crippen molar-refractivity contribution in [1.82, 2.24) is 4.57 Å². The zero-order valence-electron chi connectivity index (χ0n) is 11.0. The second-order valence-electron chi connectivity index (χ2n) is 4.78. The molecule has 2 aromatic carbocycles. The summed E-state index contributed by atoms with van der Waals surface area (Å²) in [5.74, 6) is 0. The second kappa shape index (κ2) is 4.29. The molecule has 0 aliphatic rings. The van der Waals surface area contributed by atoms with Crippen molar-refractivity contribution in [2.75, 3.05) is 0 Å². The topological polar surface area (TPSA) is 28.7 Å². The third kappa shape index (κ3) is 1.71. The van der Waals surface area contributed by atoms with Crippen LogP contribution in [0.4, 0.5) is 0 Å². The Morgan fingerprint density at radius 1 is 1.00 bits per heavy atom. The van der Waals surface area contributed by atoms with E-state index in [9.17, 15) is 5.26 Å². The van der Waals surface area contributed by atoms with Gasteiger partial charge in [0.05, 0.1) is 11.3 Å². The van der Waals surface area contributed by atoms with E-state index in [4.69, 9.17) is 0 Å². The number of rotatable bonds is 1. The van der Waals surface area contributed by atoms with E-state index < -0.39 is 0 Å². The van der Waals surface area contributed by atoms with Gasteiger partial charge in [-0.15, -0.1) is 0 Å². The van der Waals surface area contributed by atoms with Crippen LogP contribution < -0.4 is 0 Å². The largest absolute Gasteiger partial charge is 0.343 e. The highest BCUT2D eigenvalue weighted by Gasteiger charge is 2.15. The molecule has 3 rings (SSSR count). The van der Waals surface area contributed by atoms with E-state index in [0.29, 0.717) is 0 Å². The maximum absolute atomic E-state index is 9.48. The van der Waals surface area contributed by atoms with Crippen molar-refractivity contribution in [3.8, 4) is 17.3 Å². The minimum Gasteiger partial charge on any atom is -0.343 e. The molecule has 19 heavy (non-hydrogen) atoms. The van der Waals surface area contributed by atoms with Gasteiger partial charge in [0.1, 0.15) is 6.07 Å². The molecule has 92 valence electrons. The lowest BCUT2D eigenvalue weighted by molar-refractivity contribution is 0.976. The van der Waals surface area contributed by atoms with Crippen LogP contribution in [0.15, 0.2) is 48.5 Å². The molecule has 0 aliphatic carbocycles. The number of nitrogens with zero attached hydrogens (tertiary/aromatic N) is 2. The van der Waals surface area contributed by atoms with E-state index >= 15 is 0 Å². The molecule has 3 aromatic rings. The first-order valence-corrected chi connectivity index (χ1v) is 6.27. The highest BCUT2D eigenvalue weighted by Crippen LogP contribution is 2.32. The monoisotopic (exact) mass is 246 g/mol. The molecule has 0 radical (unpaired) electrons. The number of hydrogen-bond acceptors (Lipinski definition) is 1. The van der Waals surface area contributed by atoms with Gasteiger partial charge < -0.3 is 4.57 Å². The summed E-state index contributed by atoms with van der Waals surface area (Å²) >= 11 is 0. The summed E-state index contributed by atoms with van der Waals surface area (Å²) in [7, 11) is 2.01. The Bertz CT molecular complexity index is 786. The van der Waals surface area contributed by atoms with Crippen LogP contribution in [0.25, 0.3) is 22.2 Å². The molecule has 0 atom stereocenters. The van der Waals surface area contributed by atoms with Gasteiger partial charge in [0.25, 0.3) is 0 Å². The van der Waals surface area contributed by atoms with Crippen LogP contribution in [0.1, 0.15) is 11.1 Å². The Hall–Kier alpha value is -2.53. The Labute approximate surface area is 112 Å². The molecule has 2 nitrogen and oxygen atoms in total. The number of aryl methyl sites for hydroxylation is 2. The average molecular weight is 246 g/mol. The maximum Gasteiger partial charge on any atom is 0.102 e. The fourth-order valence-electron chi connectivity index (χ4n) is 2.56. The minimum atomic E-state index is 0.752. The van der Waals surface area contributed by atoms with Crippen molar-refractivity contribution >= 4 is 10.9 Å². The fraction of sp³-hybridized carbons (Fsp3) is 0.118. The molecule has 0 amide bonds. The average Bonchev–Trinajstić information content (AvgIpc) is 2.73. The lowest BCUT2D eigenvalue weighted by Gasteiger charge is -2.05. The predicted molar refractivity (Wildman–Crippen MR) is 77.8 cm³/mol. The second-order valence-corrected chi connectivity index (χ2v) is 4.78. The summed E-state index contributed by atoms with van der Waals surface area (Å²) < 4.78 is 2.10. The first-order valence-electron chi connectivity index (χ1n) is 6.27.